The first-order valence-electron chi connectivity index (χ1n) is 9.32. The molecule has 0 unspecified atom stereocenters. The highest BCUT2D eigenvalue weighted by atomic mass is 28.4. The Morgan fingerprint density at radius 2 is 1.92 bits per heavy atom. The van der Waals surface area contributed by atoms with Crippen molar-refractivity contribution in [2.75, 3.05) is 26.3 Å². The second-order valence-corrected chi connectivity index (χ2v) is 13.5. The van der Waals surface area contributed by atoms with Crippen LogP contribution in [-0.2, 0) is 14.0 Å². The summed E-state index contributed by atoms with van der Waals surface area (Å²) in [6.45, 7) is 18.1. The van der Waals surface area contributed by atoms with Crippen LogP contribution in [0.15, 0.2) is 12.7 Å². The Balaban J connectivity index is 2.09. The predicted molar refractivity (Wildman–Crippen MR) is 100 cm³/mol. The van der Waals surface area contributed by atoms with Crippen molar-refractivity contribution in [2.24, 2.45) is 11.8 Å². The molecule has 138 valence electrons. The largest absolute Gasteiger partial charge is 0.414 e. The number of allylic oxidation sites excluding steroid dienone is 1. The molecule has 2 aliphatic rings. The van der Waals surface area contributed by atoms with E-state index in [-0.39, 0.29) is 23.0 Å². The topological polar surface area (TPSA) is 38.8 Å². The normalized spacial score (nSPS) is 28.9. The third-order valence-corrected chi connectivity index (χ3v) is 10.6. The zero-order valence-electron chi connectivity index (χ0n) is 16.1. The number of rotatable bonds is 5. The van der Waals surface area contributed by atoms with Crippen molar-refractivity contribution in [1.82, 2.24) is 4.90 Å². The summed E-state index contributed by atoms with van der Waals surface area (Å²) in [6, 6.07) is 0. The molecule has 1 aliphatic carbocycles. The summed E-state index contributed by atoms with van der Waals surface area (Å²) in [4.78, 5) is 15.0. The molecule has 1 saturated carbocycles. The number of carbonyl (C=O) groups excluding carboxylic acids is 1. The third-order valence-electron chi connectivity index (χ3n) is 6.09. The SMILES string of the molecule is C=CC[C@@H]1[C@@H](O[Si](C)(C)C(C)(C)C)CC[C@H]1C(=O)N1CCOCC1. The molecular formula is C19H35NO3Si. The molecule has 0 N–H and O–H groups in total. The van der Waals surface area contributed by atoms with E-state index in [0.717, 1.165) is 32.4 Å². The van der Waals surface area contributed by atoms with Crippen molar-refractivity contribution in [3.05, 3.63) is 12.7 Å². The molecule has 2 fully saturated rings. The standard InChI is InChI=1S/C19H35NO3Si/c1-7-8-15-16(18(21)20-11-13-22-14-12-20)9-10-17(15)23-24(5,6)19(2,3)4/h7,15-17H,1,8-14H2,2-6H3/t15-,16+,17-/m0/s1. The molecule has 1 saturated heterocycles. The van der Waals surface area contributed by atoms with Crippen molar-refractivity contribution >= 4 is 14.2 Å². The monoisotopic (exact) mass is 353 g/mol. The van der Waals surface area contributed by atoms with Gasteiger partial charge in [-0.3, -0.25) is 4.79 Å². The van der Waals surface area contributed by atoms with Crippen LogP contribution in [0.25, 0.3) is 0 Å². The minimum atomic E-state index is -1.82. The summed E-state index contributed by atoms with van der Waals surface area (Å²) < 4.78 is 12.1. The van der Waals surface area contributed by atoms with Gasteiger partial charge in [0.05, 0.1) is 13.2 Å². The van der Waals surface area contributed by atoms with Gasteiger partial charge >= 0.3 is 0 Å². The highest BCUT2D eigenvalue weighted by molar-refractivity contribution is 6.74. The van der Waals surface area contributed by atoms with E-state index in [1.165, 1.54) is 0 Å². The smallest absolute Gasteiger partial charge is 0.226 e. The first-order chi connectivity index (χ1) is 11.2. The quantitative estimate of drug-likeness (QED) is 0.557. The second kappa shape index (κ2) is 7.71. The van der Waals surface area contributed by atoms with Crippen LogP contribution < -0.4 is 0 Å². The molecule has 0 radical (unpaired) electrons. The van der Waals surface area contributed by atoms with Crippen LogP contribution in [-0.4, -0.2) is 51.5 Å². The minimum Gasteiger partial charge on any atom is -0.414 e. The highest BCUT2D eigenvalue weighted by Gasteiger charge is 2.46. The number of nitrogens with zero attached hydrogens (tertiary/aromatic N) is 1. The van der Waals surface area contributed by atoms with Gasteiger partial charge in [-0.15, -0.1) is 6.58 Å². The fourth-order valence-electron chi connectivity index (χ4n) is 3.57. The molecule has 24 heavy (non-hydrogen) atoms. The molecule has 1 aliphatic heterocycles. The molecule has 1 heterocycles. The maximum Gasteiger partial charge on any atom is 0.226 e. The number of carbonyl (C=O) groups is 1. The van der Waals surface area contributed by atoms with Crippen LogP contribution in [0.2, 0.25) is 18.1 Å². The molecule has 1 amide bonds. The van der Waals surface area contributed by atoms with E-state index in [2.05, 4.69) is 40.4 Å². The van der Waals surface area contributed by atoms with Gasteiger partial charge in [-0.05, 0) is 43.3 Å². The molecule has 0 spiro atoms. The number of amides is 1. The Labute approximate surface area is 148 Å². The van der Waals surface area contributed by atoms with E-state index in [9.17, 15) is 4.79 Å². The molecule has 2 rings (SSSR count). The third kappa shape index (κ3) is 4.30. The summed E-state index contributed by atoms with van der Waals surface area (Å²) in [5, 5.41) is 0.192. The van der Waals surface area contributed by atoms with Crippen LogP contribution in [0.5, 0.6) is 0 Å². The second-order valence-electron chi connectivity index (χ2n) is 8.73. The maximum absolute atomic E-state index is 13.0. The van der Waals surface area contributed by atoms with Gasteiger partial charge in [-0.1, -0.05) is 26.8 Å². The molecule has 0 aromatic rings. The van der Waals surface area contributed by atoms with Crippen LogP contribution in [0.4, 0.5) is 0 Å². The van der Waals surface area contributed by atoms with Gasteiger partial charge in [-0.2, -0.15) is 0 Å². The first-order valence-corrected chi connectivity index (χ1v) is 12.2. The summed E-state index contributed by atoms with van der Waals surface area (Å²) in [5.41, 5.74) is 0. The Kier molecular flexibility index (Phi) is 6.32. The van der Waals surface area contributed by atoms with Crippen LogP contribution in [0.1, 0.15) is 40.0 Å². The number of ether oxygens (including phenoxy) is 1. The van der Waals surface area contributed by atoms with E-state index < -0.39 is 8.32 Å². The number of hydrogen-bond acceptors (Lipinski definition) is 3. The van der Waals surface area contributed by atoms with Crippen molar-refractivity contribution in [2.45, 2.75) is 64.3 Å². The van der Waals surface area contributed by atoms with Gasteiger partial charge in [0.2, 0.25) is 5.91 Å². The van der Waals surface area contributed by atoms with Crippen LogP contribution in [0, 0.1) is 11.8 Å². The Hall–Kier alpha value is -0.653. The van der Waals surface area contributed by atoms with Gasteiger partial charge in [0.25, 0.3) is 0 Å². The van der Waals surface area contributed by atoms with Crippen molar-refractivity contribution in [3.8, 4) is 0 Å². The maximum atomic E-state index is 13.0. The zero-order valence-corrected chi connectivity index (χ0v) is 17.1. The molecule has 0 aromatic heterocycles. The average molecular weight is 354 g/mol. The van der Waals surface area contributed by atoms with E-state index in [0.29, 0.717) is 19.1 Å². The molecule has 5 heteroatoms. The summed E-state index contributed by atoms with van der Waals surface area (Å²) >= 11 is 0. The van der Waals surface area contributed by atoms with Crippen molar-refractivity contribution < 1.29 is 14.0 Å². The number of morpholine rings is 1. The fourth-order valence-corrected chi connectivity index (χ4v) is 4.97. The lowest BCUT2D eigenvalue weighted by molar-refractivity contribution is -0.141. The number of hydrogen-bond donors (Lipinski definition) is 0. The van der Waals surface area contributed by atoms with E-state index >= 15 is 0 Å². The molecular weight excluding hydrogens is 318 g/mol. The lowest BCUT2D eigenvalue weighted by atomic mass is 9.90. The van der Waals surface area contributed by atoms with Gasteiger partial charge in [-0.25, -0.2) is 0 Å². The summed E-state index contributed by atoms with van der Waals surface area (Å²) in [5.74, 6) is 0.648. The Bertz CT molecular complexity index is 452. The molecule has 3 atom stereocenters. The summed E-state index contributed by atoms with van der Waals surface area (Å²) in [7, 11) is -1.82. The van der Waals surface area contributed by atoms with Crippen LogP contribution >= 0.6 is 0 Å². The van der Waals surface area contributed by atoms with Crippen LogP contribution in [0.3, 0.4) is 0 Å². The highest BCUT2D eigenvalue weighted by Crippen LogP contribution is 2.44. The van der Waals surface area contributed by atoms with Gasteiger partial charge in [0, 0.05) is 25.1 Å². The average Bonchev–Trinajstić information content (AvgIpc) is 2.89. The Morgan fingerprint density at radius 1 is 1.29 bits per heavy atom. The van der Waals surface area contributed by atoms with E-state index in [1.807, 2.05) is 11.0 Å². The van der Waals surface area contributed by atoms with Crippen molar-refractivity contribution in [1.29, 1.82) is 0 Å². The lowest BCUT2D eigenvalue weighted by Crippen LogP contribution is -2.47. The molecule has 4 nitrogen and oxygen atoms in total. The lowest BCUT2D eigenvalue weighted by Gasteiger charge is -2.40. The van der Waals surface area contributed by atoms with Gasteiger partial charge in [0.15, 0.2) is 8.32 Å². The first kappa shape index (κ1) is 19.7. The molecule has 0 aromatic carbocycles. The predicted octanol–water partition coefficient (Wildman–Crippen LogP) is 3.84. The van der Waals surface area contributed by atoms with E-state index in [4.69, 9.17) is 9.16 Å². The van der Waals surface area contributed by atoms with Gasteiger partial charge < -0.3 is 14.1 Å². The van der Waals surface area contributed by atoms with Crippen molar-refractivity contribution in [3.63, 3.8) is 0 Å². The fraction of sp³-hybridized carbons (Fsp3) is 0.842. The zero-order chi connectivity index (χ0) is 18.0. The summed E-state index contributed by atoms with van der Waals surface area (Å²) in [6.07, 6.45) is 4.94. The van der Waals surface area contributed by atoms with Gasteiger partial charge in [0.1, 0.15) is 0 Å². The Morgan fingerprint density at radius 3 is 2.46 bits per heavy atom. The minimum absolute atomic E-state index is 0.0795. The molecule has 0 bridgehead atoms. The van der Waals surface area contributed by atoms with E-state index in [1.54, 1.807) is 0 Å².